The van der Waals surface area contributed by atoms with Gasteiger partial charge < -0.3 is 16.0 Å². The van der Waals surface area contributed by atoms with Crippen LogP contribution in [0.2, 0.25) is 0 Å². The summed E-state index contributed by atoms with van der Waals surface area (Å²) < 4.78 is 0. The summed E-state index contributed by atoms with van der Waals surface area (Å²) in [6.45, 7) is 3.81. The highest BCUT2D eigenvalue weighted by atomic mass is 16.6. The lowest BCUT2D eigenvalue weighted by molar-refractivity contribution is -0.383. The van der Waals surface area contributed by atoms with E-state index in [0.717, 1.165) is 26.1 Å². The number of rotatable bonds is 6. The Bertz CT molecular complexity index is 527. The lowest BCUT2D eigenvalue weighted by Gasteiger charge is -2.14. The second kappa shape index (κ2) is 7.03. The molecule has 1 aromatic rings. The Morgan fingerprint density at radius 1 is 1.38 bits per heavy atom. The topological polar surface area (TPSA) is 102 Å². The van der Waals surface area contributed by atoms with E-state index in [4.69, 9.17) is 5.73 Å². The highest BCUT2D eigenvalue weighted by Gasteiger charge is 2.15. The molecule has 0 aliphatic carbocycles. The fraction of sp³-hybridized carbons (Fsp3) is 0.500. The number of nitro groups is 1. The molecule has 1 heterocycles. The first kappa shape index (κ1) is 15.2. The van der Waals surface area contributed by atoms with Gasteiger partial charge in [0.1, 0.15) is 5.69 Å². The van der Waals surface area contributed by atoms with Crippen molar-refractivity contribution in [3.05, 3.63) is 33.9 Å². The lowest BCUT2D eigenvalue weighted by atomic mass is 10.1. The molecule has 114 valence electrons. The Kier molecular flexibility index (Phi) is 5.10. The van der Waals surface area contributed by atoms with Gasteiger partial charge in [-0.1, -0.05) is 0 Å². The molecule has 1 fully saturated rings. The molecule has 2 rings (SSSR count). The van der Waals surface area contributed by atoms with Crippen LogP contribution in [-0.2, 0) is 0 Å². The van der Waals surface area contributed by atoms with E-state index in [-0.39, 0.29) is 22.8 Å². The molecule has 0 radical (unpaired) electrons. The molecule has 1 aliphatic heterocycles. The molecular weight excluding hydrogens is 272 g/mol. The van der Waals surface area contributed by atoms with Crippen LogP contribution in [0.3, 0.4) is 0 Å². The smallest absolute Gasteiger partial charge is 0.292 e. The number of hydrogen-bond donors (Lipinski definition) is 2. The zero-order valence-electron chi connectivity index (χ0n) is 11.9. The maximum Gasteiger partial charge on any atom is 0.292 e. The average molecular weight is 292 g/mol. The summed E-state index contributed by atoms with van der Waals surface area (Å²) in [5.41, 5.74) is 5.59. The summed E-state index contributed by atoms with van der Waals surface area (Å²) in [6.07, 6.45) is 3.38. The molecule has 21 heavy (non-hydrogen) atoms. The SMILES string of the molecule is Nc1ccc(C(=O)NCCCN2CCCC2)cc1[N+](=O)[O-]. The largest absolute Gasteiger partial charge is 0.393 e. The third kappa shape index (κ3) is 4.16. The predicted octanol–water partition coefficient (Wildman–Crippen LogP) is 1.39. The number of nitrogens with zero attached hydrogens (tertiary/aromatic N) is 2. The summed E-state index contributed by atoms with van der Waals surface area (Å²) in [5.74, 6) is -0.306. The Morgan fingerprint density at radius 3 is 2.76 bits per heavy atom. The number of nitrogens with two attached hydrogens (primary N) is 1. The van der Waals surface area contributed by atoms with Gasteiger partial charge in [-0.05, 0) is 51.0 Å². The van der Waals surface area contributed by atoms with Crippen LogP contribution in [0, 0.1) is 10.1 Å². The van der Waals surface area contributed by atoms with E-state index in [2.05, 4.69) is 10.2 Å². The highest BCUT2D eigenvalue weighted by Crippen LogP contribution is 2.22. The minimum atomic E-state index is -0.584. The number of nitrogen functional groups attached to an aromatic ring is 1. The molecule has 0 spiro atoms. The van der Waals surface area contributed by atoms with E-state index in [1.165, 1.54) is 31.0 Å². The van der Waals surface area contributed by atoms with Crippen molar-refractivity contribution in [3.63, 3.8) is 0 Å². The second-order valence-corrected chi connectivity index (χ2v) is 5.19. The Morgan fingerprint density at radius 2 is 2.10 bits per heavy atom. The van der Waals surface area contributed by atoms with Crippen molar-refractivity contribution in [2.75, 3.05) is 31.9 Å². The first-order chi connectivity index (χ1) is 10.1. The number of nitro benzene ring substituents is 1. The van der Waals surface area contributed by atoms with E-state index < -0.39 is 4.92 Å². The minimum Gasteiger partial charge on any atom is -0.393 e. The number of benzene rings is 1. The predicted molar refractivity (Wildman–Crippen MR) is 80.1 cm³/mol. The van der Waals surface area contributed by atoms with Crippen LogP contribution in [-0.4, -0.2) is 41.9 Å². The third-order valence-corrected chi connectivity index (χ3v) is 3.62. The van der Waals surface area contributed by atoms with Crippen molar-refractivity contribution < 1.29 is 9.72 Å². The van der Waals surface area contributed by atoms with Gasteiger partial charge in [-0.3, -0.25) is 14.9 Å². The minimum absolute atomic E-state index is 0.0607. The van der Waals surface area contributed by atoms with Gasteiger partial charge in [0.2, 0.25) is 0 Å². The van der Waals surface area contributed by atoms with E-state index in [9.17, 15) is 14.9 Å². The Labute approximate surface area is 123 Å². The molecule has 1 amide bonds. The number of hydrogen-bond acceptors (Lipinski definition) is 5. The van der Waals surface area contributed by atoms with Crippen LogP contribution in [0.1, 0.15) is 29.6 Å². The molecule has 0 atom stereocenters. The first-order valence-electron chi connectivity index (χ1n) is 7.12. The molecule has 0 bridgehead atoms. The number of amides is 1. The monoisotopic (exact) mass is 292 g/mol. The second-order valence-electron chi connectivity index (χ2n) is 5.19. The van der Waals surface area contributed by atoms with Gasteiger partial charge in [0.25, 0.3) is 11.6 Å². The first-order valence-corrected chi connectivity index (χ1v) is 7.12. The molecule has 0 saturated carbocycles. The van der Waals surface area contributed by atoms with Crippen molar-refractivity contribution in [3.8, 4) is 0 Å². The van der Waals surface area contributed by atoms with Gasteiger partial charge in [0.15, 0.2) is 0 Å². The van der Waals surface area contributed by atoms with Crippen molar-refractivity contribution in [2.45, 2.75) is 19.3 Å². The molecule has 1 aromatic carbocycles. The van der Waals surface area contributed by atoms with Crippen LogP contribution in [0.25, 0.3) is 0 Å². The maximum absolute atomic E-state index is 11.9. The zero-order valence-corrected chi connectivity index (χ0v) is 11.9. The molecule has 3 N–H and O–H groups in total. The van der Waals surface area contributed by atoms with Crippen LogP contribution in [0.15, 0.2) is 18.2 Å². The number of nitrogens with one attached hydrogen (secondary N) is 1. The maximum atomic E-state index is 11.9. The molecule has 1 saturated heterocycles. The molecule has 0 aromatic heterocycles. The highest BCUT2D eigenvalue weighted by molar-refractivity contribution is 5.95. The van der Waals surface area contributed by atoms with E-state index in [0.29, 0.717) is 6.54 Å². The summed E-state index contributed by atoms with van der Waals surface area (Å²) in [6, 6.07) is 4.10. The Hall–Kier alpha value is -2.15. The zero-order chi connectivity index (χ0) is 15.2. The Balaban J connectivity index is 1.82. The van der Waals surface area contributed by atoms with Gasteiger partial charge in [0, 0.05) is 18.2 Å². The average Bonchev–Trinajstić information content (AvgIpc) is 2.96. The molecule has 7 nitrogen and oxygen atoms in total. The van der Waals surface area contributed by atoms with Gasteiger partial charge in [0.05, 0.1) is 4.92 Å². The fourth-order valence-corrected chi connectivity index (χ4v) is 2.46. The van der Waals surface area contributed by atoms with Crippen molar-refractivity contribution in [1.29, 1.82) is 0 Å². The molecule has 1 aliphatic rings. The van der Waals surface area contributed by atoms with E-state index in [1.807, 2.05) is 0 Å². The van der Waals surface area contributed by atoms with Crippen LogP contribution < -0.4 is 11.1 Å². The normalized spacial score (nSPS) is 15.0. The molecule has 0 unspecified atom stereocenters. The molecular formula is C14H20N4O3. The number of anilines is 1. The number of carbonyl (C=O) groups is 1. The van der Waals surface area contributed by atoms with E-state index in [1.54, 1.807) is 0 Å². The summed E-state index contributed by atoms with van der Waals surface area (Å²) in [4.78, 5) is 24.5. The van der Waals surface area contributed by atoms with Crippen molar-refractivity contribution in [1.82, 2.24) is 10.2 Å². The molecule has 7 heteroatoms. The lowest BCUT2D eigenvalue weighted by Crippen LogP contribution is -2.28. The number of carbonyl (C=O) groups excluding carboxylic acids is 1. The van der Waals surface area contributed by atoms with Crippen molar-refractivity contribution in [2.24, 2.45) is 0 Å². The van der Waals surface area contributed by atoms with E-state index >= 15 is 0 Å². The summed E-state index contributed by atoms with van der Waals surface area (Å²) >= 11 is 0. The van der Waals surface area contributed by atoms with Crippen molar-refractivity contribution >= 4 is 17.3 Å². The number of likely N-dealkylation sites (tertiary alicyclic amines) is 1. The van der Waals surface area contributed by atoms with Gasteiger partial charge >= 0.3 is 0 Å². The van der Waals surface area contributed by atoms with Crippen LogP contribution >= 0.6 is 0 Å². The standard InChI is InChI=1S/C14H20N4O3/c15-12-5-4-11(10-13(12)18(20)21)14(19)16-6-3-9-17-7-1-2-8-17/h4-5,10H,1-3,6-9,15H2,(H,16,19). The van der Waals surface area contributed by atoms with Crippen LogP contribution in [0.4, 0.5) is 11.4 Å². The van der Waals surface area contributed by atoms with Gasteiger partial charge in [-0.15, -0.1) is 0 Å². The third-order valence-electron chi connectivity index (χ3n) is 3.62. The quantitative estimate of drug-likeness (QED) is 0.357. The van der Waals surface area contributed by atoms with Crippen LogP contribution in [0.5, 0.6) is 0 Å². The van der Waals surface area contributed by atoms with Gasteiger partial charge in [-0.25, -0.2) is 0 Å². The summed E-state index contributed by atoms with van der Waals surface area (Å²) in [7, 11) is 0. The van der Waals surface area contributed by atoms with Gasteiger partial charge in [-0.2, -0.15) is 0 Å². The summed E-state index contributed by atoms with van der Waals surface area (Å²) in [5, 5.41) is 13.6. The fourth-order valence-electron chi connectivity index (χ4n) is 2.46.